The fraction of sp³-hybridized carbons (Fsp3) is 0.533. The number of carbonyl (C=O) groups excluding carboxylic acids is 7. The molecule has 32 nitrogen and oxygen atoms in total. The predicted octanol–water partition coefficient (Wildman–Crippen LogP) is -4.38. The van der Waals surface area contributed by atoms with E-state index in [1.165, 1.54) is 36.5 Å². The topological polar surface area (TPSA) is 465 Å². The molecule has 7 rings (SSSR count). The molecular weight excluding hydrogens is 1300 g/mol. The molecule has 0 unspecified atom stereocenters. The van der Waals surface area contributed by atoms with Gasteiger partial charge in [0, 0.05) is 88.0 Å². The molecule has 0 radical (unpaired) electrons. The molecule has 0 aliphatic carbocycles. The normalized spacial score (nSPS) is 24.2. The van der Waals surface area contributed by atoms with Gasteiger partial charge in [0.05, 0.1) is 43.2 Å². The number of aliphatic imine (C=N–C) groups is 1. The summed E-state index contributed by atoms with van der Waals surface area (Å²) in [4.78, 5) is 112. The van der Waals surface area contributed by atoms with Crippen LogP contribution in [0, 0.1) is 5.92 Å². The molecule has 13 atom stereocenters. The number of aromatic nitrogens is 2. The van der Waals surface area contributed by atoms with Crippen molar-refractivity contribution in [2.24, 2.45) is 10.9 Å². The summed E-state index contributed by atoms with van der Waals surface area (Å²) in [7, 11) is 1.69. The van der Waals surface area contributed by atoms with Gasteiger partial charge in [0.15, 0.2) is 11.5 Å². The number of nitrogens with one attached hydrogen (secondary N) is 5. The third-order valence-corrected chi connectivity index (χ3v) is 17.3. The number of hydrogen-bond acceptors (Lipinski definition) is 27. The smallest absolute Gasteiger partial charge is 0.691 e. The Balaban J connectivity index is 0.0000143. The van der Waals surface area contributed by atoms with Crippen molar-refractivity contribution in [3.05, 3.63) is 77.9 Å². The van der Waals surface area contributed by atoms with Crippen LogP contribution in [0.15, 0.2) is 71.7 Å². The van der Waals surface area contributed by atoms with Crippen LogP contribution in [0.1, 0.15) is 81.1 Å². The summed E-state index contributed by atoms with van der Waals surface area (Å²) in [6, 6.07) is 5.62. The molecule has 0 saturated carbocycles. The minimum atomic E-state index is -2.16. The number of amides is 7. The summed E-state index contributed by atoms with van der Waals surface area (Å²) < 4.78 is 20.2. The number of aliphatic hydroxyl groups is 6. The van der Waals surface area contributed by atoms with Gasteiger partial charge in [-0.2, -0.15) is 0 Å². The number of fused-ring (bicyclic) bond motifs is 2. The van der Waals surface area contributed by atoms with Crippen LogP contribution >= 0.6 is 23.7 Å². The van der Waals surface area contributed by atoms with E-state index in [1.807, 2.05) is 24.3 Å². The molecule has 0 spiro atoms. The number of phenolic OH excluding ortho intramolecular Hbond substituents is 1. The van der Waals surface area contributed by atoms with Crippen molar-refractivity contribution >= 4 is 71.2 Å². The third-order valence-electron chi connectivity index (χ3n) is 15.9. The molecule has 514 valence electrons. The molecular formula is C60H79N10NaO22S2. The van der Waals surface area contributed by atoms with E-state index in [0.29, 0.717) is 27.9 Å². The molecule has 7 amide bonds. The van der Waals surface area contributed by atoms with Gasteiger partial charge >= 0.3 is 29.6 Å². The Morgan fingerprint density at radius 2 is 1.44 bits per heavy atom. The van der Waals surface area contributed by atoms with Gasteiger partial charge in [0.1, 0.15) is 58.6 Å². The zero-order valence-electron chi connectivity index (χ0n) is 52.6. The van der Waals surface area contributed by atoms with Gasteiger partial charge in [-0.05, 0) is 80.3 Å². The van der Waals surface area contributed by atoms with Gasteiger partial charge < -0.3 is 91.0 Å². The van der Waals surface area contributed by atoms with Crippen LogP contribution in [0.25, 0.3) is 21.1 Å². The summed E-state index contributed by atoms with van der Waals surface area (Å²) in [5.41, 5.74) is 1.47. The summed E-state index contributed by atoms with van der Waals surface area (Å²) in [5.74, 6) is -8.94. The van der Waals surface area contributed by atoms with Crippen molar-refractivity contribution in [2.45, 2.75) is 145 Å². The van der Waals surface area contributed by atoms with E-state index in [1.54, 1.807) is 19.2 Å². The van der Waals surface area contributed by atoms with Crippen LogP contribution in [0.3, 0.4) is 0 Å². The molecule has 95 heavy (non-hydrogen) atoms. The van der Waals surface area contributed by atoms with Gasteiger partial charge in [-0.1, -0.05) is 55.7 Å². The van der Waals surface area contributed by atoms with Gasteiger partial charge in [-0.15, -0.1) is 14.5 Å². The zero-order valence-corrected chi connectivity index (χ0v) is 56.2. The molecule has 3 fully saturated rings. The third kappa shape index (κ3) is 22.0. The number of unbranched alkanes of at least 4 members (excludes halogenated alkanes) is 4. The largest absolute Gasteiger partial charge is 1.00 e. The quantitative estimate of drug-likeness (QED) is 0.00670. The molecule has 13 N–H and O–H groups in total. The molecule has 0 bridgehead atoms. The molecule has 4 aromatic rings. The fourth-order valence-corrected chi connectivity index (χ4v) is 12.0. The van der Waals surface area contributed by atoms with E-state index in [4.69, 9.17) is 18.9 Å². The Hall–Kier alpha value is -6.55. The average Bonchev–Trinajstić information content (AvgIpc) is 1.69. The average molecular weight is 1380 g/mol. The number of phenols is 1. The number of aliphatic hydroxyl groups excluding tert-OH is 6. The van der Waals surface area contributed by atoms with Gasteiger partial charge in [-0.25, -0.2) is 4.89 Å². The molecule has 35 heteroatoms. The number of aromatic hydroxyl groups is 1. The first-order valence-corrected chi connectivity index (χ1v) is 31.8. The summed E-state index contributed by atoms with van der Waals surface area (Å²) in [6.07, 6.45) is -6.31. The number of nitrogens with zero attached hydrogens (tertiary/aromatic N) is 5. The molecule has 3 aliphatic rings. The second-order valence-electron chi connectivity index (χ2n) is 22.9. The van der Waals surface area contributed by atoms with Crippen LogP contribution in [0.5, 0.6) is 17.2 Å². The van der Waals surface area contributed by atoms with E-state index in [9.17, 15) is 74.6 Å². The van der Waals surface area contributed by atoms with E-state index in [-0.39, 0.29) is 78.5 Å². The maximum absolute atomic E-state index is 14.9. The van der Waals surface area contributed by atoms with Crippen LogP contribution in [-0.2, 0) is 54.2 Å². The van der Waals surface area contributed by atoms with E-state index in [0.717, 1.165) is 79.3 Å². The molecule has 3 aromatic carbocycles. The maximum atomic E-state index is 14.9. The van der Waals surface area contributed by atoms with E-state index >= 15 is 0 Å². The van der Waals surface area contributed by atoms with Gasteiger partial charge in [0.2, 0.25) is 35.4 Å². The Labute approximate surface area is 576 Å². The Kier molecular flexibility index (Phi) is 31.3. The van der Waals surface area contributed by atoms with Crippen molar-refractivity contribution in [3.8, 4) is 38.4 Å². The number of carbonyl (C=O) groups is 7. The van der Waals surface area contributed by atoms with Crippen LogP contribution < -0.4 is 70.3 Å². The fourth-order valence-electron chi connectivity index (χ4n) is 10.9. The van der Waals surface area contributed by atoms with Crippen LogP contribution in [-0.4, -0.2) is 235 Å². The van der Waals surface area contributed by atoms with Crippen molar-refractivity contribution < 1.29 is 137 Å². The zero-order chi connectivity index (χ0) is 68.0. The van der Waals surface area contributed by atoms with Gasteiger partial charge in [0.25, 0.3) is 18.2 Å². The number of benzene rings is 3. The molecule has 4 heterocycles. The number of hydrogen-bond donors (Lipinski definition) is 13. The molecule has 3 saturated heterocycles. The van der Waals surface area contributed by atoms with Crippen LogP contribution in [0.2, 0.25) is 0 Å². The molecule has 3 aliphatic heterocycles. The first-order chi connectivity index (χ1) is 45.1. The van der Waals surface area contributed by atoms with Crippen molar-refractivity contribution in [2.75, 3.05) is 53.1 Å². The van der Waals surface area contributed by atoms with Gasteiger partial charge in [-0.3, -0.25) is 48.8 Å². The summed E-state index contributed by atoms with van der Waals surface area (Å²) >= 11 is 1.30. The summed E-state index contributed by atoms with van der Waals surface area (Å²) in [5, 5.41) is 124. The van der Waals surface area contributed by atoms with Crippen molar-refractivity contribution in [3.63, 3.8) is 0 Å². The second-order valence-corrected chi connectivity index (χ2v) is 24.3. The Morgan fingerprint density at radius 1 is 0.800 bits per heavy atom. The molecule has 1 aromatic heterocycles. The first-order valence-electron chi connectivity index (χ1n) is 30.3. The minimum absolute atomic E-state index is 0. The predicted molar refractivity (Wildman–Crippen MR) is 331 cm³/mol. The monoisotopic (exact) mass is 1380 g/mol. The summed E-state index contributed by atoms with van der Waals surface area (Å²) in [6.45, 7) is 1.69. The number of ether oxygens (including phenoxy) is 2. The SMILES string of the molecule is COCCCCCCCOc1ccc(-c2nnc(-c3ccc(C(=O)N[C@H]4C[C@H](O)CNC(=O)[C@@H]5[C@@H](O)[C@H](C)CN5C(=O)[C@H]([C@H](O)CCN=CCOO)NC(=O)[C@H]([C@H](O)Cc5ccc(O)c(OSOO[O-])c5)NC(=O)[C@@H]5C[C@H](O)CN5C(=O)[C@H]([C@@H](C)O)NC4=O)cc3)s2)cc1.[Na+]. The van der Waals surface area contributed by atoms with E-state index < -0.39 is 165 Å². The van der Waals surface area contributed by atoms with Crippen molar-refractivity contribution in [1.82, 2.24) is 46.6 Å². The van der Waals surface area contributed by atoms with Crippen molar-refractivity contribution in [1.29, 1.82) is 0 Å². The number of rotatable bonds is 27. The van der Waals surface area contributed by atoms with E-state index in [2.05, 4.69) is 56.0 Å². The minimum Gasteiger partial charge on any atom is -0.691 e. The number of methoxy groups -OCH3 is 1. The first kappa shape index (κ1) is 77.5. The standard InChI is InChI=1S/C60H80N10O22S2.Na/c1-32-30-70-50(51(32)77)56(82)62-29-38(72)27-41(63-52(78)35-10-12-36(13-11-35)57-67-68-58(93-57)37-14-16-40(17-15-37)88-23-8-6-4-5-7-22-87-3)53(79)64-47(33(2)71)59(83)69-31-39(73)28-42(69)54(80)65-48(45(76)25-34-9-18-43(74)46(26-34)90-94-92-91-86)55(81)66-49(60(70)84)44(75)19-20-61-21-24-89-85;/h9-18,21,26,32-33,38-39,41-42,44-45,47-51,71-77,85-86H,4-8,19-20,22-25,27-31H2,1-3H3,(H,62,82)(H,63,78)(H,64,79)(H,65,80)(H,66,81);/q;+1/p-1/t32-,33-,38+,39+,41+,42+,44-,45-,47+,48+,49+,50+,51+;/m1./s1. The maximum Gasteiger partial charge on any atom is 1.00 e. The number of β-amino-alcohol motifs (C(OH)–C–C–N with tert-alkyl or cyclic N) is 1. The Bertz CT molecular complexity index is 3200. The van der Waals surface area contributed by atoms with Crippen LogP contribution in [0.4, 0.5) is 0 Å². The second kappa shape index (κ2) is 38.4. The Morgan fingerprint density at radius 3 is 2.11 bits per heavy atom.